The highest BCUT2D eigenvalue weighted by Crippen LogP contribution is 2.29. The molecule has 3 rings (SSSR count). The number of carbonyl (C=O) groups excluding carboxylic acids is 3. The predicted molar refractivity (Wildman–Crippen MR) is 130 cm³/mol. The monoisotopic (exact) mass is 479 g/mol. The highest BCUT2D eigenvalue weighted by molar-refractivity contribution is 6.39. The molecular formula is C25H22ClN3O5. The number of ether oxygens (including phenoxy) is 2. The van der Waals surface area contributed by atoms with E-state index in [2.05, 4.69) is 15.8 Å². The molecule has 2 N–H and O–H groups in total. The molecular weight excluding hydrogens is 458 g/mol. The van der Waals surface area contributed by atoms with E-state index in [-0.39, 0.29) is 22.1 Å². The highest BCUT2D eigenvalue weighted by atomic mass is 35.5. The van der Waals surface area contributed by atoms with Gasteiger partial charge < -0.3 is 14.8 Å². The molecule has 0 saturated heterocycles. The maximum Gasteiger partial charge on any atom is 0.345 e. The second-order valence-corrected chi connectivity index (χ2v) is 7.39. The van der Waals surface area contributed by atoms with Crippen molar-refractivity contribution in [2.45, 2.75) is 13.3 Å². The molecule has 3 aromatic rings. The molecule has 0 heterocycles. The number of esters is 1. The van der Waals surface area contributed by atoms with Crippen molar-refractivity contribution >= 4 is 41.3 Å². The van der Waals surface area contributed by atoms with Gasteiger partial charge in [-0.3, -0.25) is 9.59 Å². The standard InChI is InChI=1S/C25H22ClN3O5/c1-3-16-8-11-18(12-9-16)28-23(30)24(31)29-27-15-17-10-13-21(22(14-17)33-2)34-25(32)19-6-4-5-7-20(19)26/h4-15H,3H2,1-2H3,(H,28,30)(H,29,31). The molecule has 0 aliphatic carbocycles. The fourth-order valence-corrected chi connectivity index (χ4v) is 3.07. The SMILES string of the molecule is CCc1ccc(NC(=O)C(=O)NN=Cc2ccc(OC(=O)c3ccccc3Cl)c(OC)c2)cc1. The molecule has 0 bridgehead atoms. The number of hydrogen-bond acceptors (Lipinski definition) is 6. The first kappa shape index (κ1) is 24.5. The maximum atomic E-state index is 12.4. The quantitative estimate of drug-likeness (QED) is 0.173. The molecule has 0 saturated carbocycles. The fraction of sp³-hybridized carbons (Fsp3) is 0.120. The second-order valence-electron chi connectivity index (χ2n) is 6.98. The number of nitrogens with zero attached hydrogens (tertiary/aromatic N) is 1. The van der Waals surface area contributed by atoms with Crippen molar-refractivity contribution < 1.29 is 23.9 Å². The number of benzene rings is 3. The summed E-state index contributed by atoms with van der Waals surface area (Å²) in [7, 11) is 1.42. The fourth-order valence-electron chi connectivity index (χ4n) is 2.86. The van der Waals surface area contributed by atoms with Crippen LogP contribution in [0.4, 0.5) is 5.69 Å². The van der Waals surface area contributed by atoms with Crippen LogP contribution < -0.4 is 20.2 Å². The van der Waals surface area contributed by atoms with Crippen LogP contribution in [0.15, 0.2) is 71.8 Å². The van der Waals surface area contributed by atoms with Crippen molar-refractivity contribution in [3.8, 4) is 11.5 Å². The van der Waals surface area contributed by atoms with Crippen molar-refractivity contribution in [2.75, 3.05) is 12.4 Å². The van der Waals surface area contributed by atoms with Gasteiger partial charge in [-0.2, -0.15) is 5.10 Å². The van der Waals surface area contributed by atoms with Crippen LogP contribution in [0.1, 0.15) is 28.4 Å². The first-order chi connectivity index (χ1) is 16.4. The van der Waals surface area contributed by atoms with Gasteiger partial charge in [-0.25, -0.2) is 10.2 Å². The number of aryl methyl sites for hydroxylation is 1. The summed E-state index contributed by atoms with van der Waals surface area (Å²) in [5.41, 5.74) is 4.54. The smallest absolute Gasteiger partial charge is 0.345 e. The van der Waals surface area contributed by atoms with Crippen LogP contribution in [-0.4, -0.2) is 31.1 Å². The van der Waals surface area contributed by atoms with E-state index in [1.54, 1.807) is 48.5 Å². The lowest BCUT2D eigenvalue weighted by molar-refractivity contribution is -0.136. The first-order valence-electron chi connectivity index (χ1n) is 10.3. The molecule has 0 aliphatic rings. The average Bonchev–Trinajstić information content (AvgIpc) is 2.85. The number of rotatable bonds is 7. The summed E-state index contributed by atoms with van der Waals surface area (Å²) >= 11 is 6.03. The summed E-state index contributed by atoms with van der Waals surface area (Å²) in [6, 6.07) is 18.4. The molecule has 9 heteroatoms. The minimum Gasteiger partial charge on any atom is -0.493 e. The van der Waals surface area contributed by atoms with Crippen molar-refractivity contribution in [3.05, 3.63) is 88.4 Å². The molecule has 2 amide bonds. The Hall–Kier alpha value is -4.17. The van der Waals surface area contributed by atoms with Crippen molar-refractivity contribution in [1.82, 2.24) is 5.43 Å². The third-order valence-electron chi connectivity index (χ3n) is 4.69. The Labute approximate surface area is 201 Å². The zero-order valence-electron chi connectivity index (χ0n) is 18.5. The minimum atomic E-state index is -0.923. The lowest BCUT2D eigenvalue weighted by Gasteiger charge is -2.10. The summed E-state index contributed by atoms with van der Waals surface area (Å²) in [6.07, 6.45) is 2.20. The Morgan fingerprint density at radius 1 is 0.971 bits per heavy atom. The zero-order valence-corrected chi connectivity index (χ0v) is 19.3. The van der Waals surface area contributed by atoms with Gasteiger partial charge >= 0.3 is 17.8 Å². The normalized spacial score (nSPS) is 10.6. The van der Waals surface area contributed by atoms with Crippen molar-refractivity contribution in [2.24, 2.45) is 5.10 Å². The summed E-state index contributed by atoms with van der Waals surface area (Å²) in [4.78, 5) is 36.4. The van der Waals surface area contributed by atoms with Crippen LogP contribution in [0, 0.1) is 0 Å². The lowest BCUT2D eigenvalue weighted by atomic mass is 10.1. The number of hydrazone groups is 1. The Balaban J connectivity index is 1.60. The van der Waals surface area contributed by atoms with E-state index < -0.39 is 17.8 Å². The second kappa shape index (κ2) is 11.6. The third-order valence-corrected chi connectivity index (χ3v) is 5.02. The van der Waals surface area contributed by atoms with Crippen LogP contribution in [0.3, 0.4) is 0 Å². The molecule has 0 atom stereocenters. The van der Waals surface area contributed by atoms with Gasteiger partial charge in [0.2, 0.25) is 0 Å². The Morgan fingerprint density at radius 3 is 2.38 bits per heavy atom. The van der Waals surface area contributed by atoms with E-state index in [0.717, 1.165) is 12.0 Å². The summed E-state index contributed by atoms with van der Waals surface area (Å²) in [6.45, 7) is 2.02. The Kier molecular flexibility index (Phi) is 8.37. The molecule has 0 fully saturated rings. The number of hydrogen-bond donors (Lipinski definition) is 2. The van der Waals surface area contributed by atoms with Gasteiger partial charge in [0.05, 0.1) is 23.9 Å². The van der Waals surface area contributed by atoms with Gasteiger partial charge in [0.25, 0.3) is 0 Å². The van der Waals surface area contributed by atoms with Gasteiger partial charge in [0.1, 0.15) is 0 Å². The molecule has 0 aromatic heterocycles. The van der Waals surface area contributed by atoms with Crippen LogP contribution in [0.2, 0.25) is 5.02 Å². The summed E-state index contributed by atoms with van der Waals surface area (Å²) < 4.78 is 10.7. The number of anilines is 1. The van der Waals surface area contributed by atoms with Crippen LogP contribution in [-0.2, 0) is 16.0 Å². The molecule has 34 heavy (non-hydrogen) atoms. The Morgan fingerprint density at radius 2 is 1.71 bits per heavy atom. The van der Waals surface area contributed by atoms with Gasteiger partial charge in [0, 0.05) is 5.69 Å². The topological polar surface area (TPSA) is 106 Å². The van der Waals surface area contributed by atoms with Crippen molar-refractivity contribution in [1.29, 1.82) is 0 Å². The highest BCUT2D eigenvalue weighted by Gasteiger charge is 2.16. The molecule has 3 aromatic carbocycles. The van der Waals surface area contributed by atoms with E-state index in [9.17, 15) is 14.4 Å². The summed E-state index contributed by atoms with van der Waals surface area (Å²) in [5, 5.41) is 6.56. The van der Waals surface area contributed by atoms with E-state index in [0.29, 0.717) is 11.3 Å². The zero-order chi connectivity index (χ0) is 24.5. The van der Waals surface area contributed by atoms with Gasteiger partial charge in [-0.1, -0.05) is 42.8 Å². The van der Waals surface area contributed by atoms with Gasteiger partial charge in [0.15, 0.2) is 11.5 Å². The lowest BCUT2D eigenvalue weighted by Crippen LogP contribution is -2.32. The van der Waals surface area contributed by atoms with Crippen LogP contribution in [0.25, 0.3) is 0 Å². The average molecular weight is 480 g/mol. The maximum absolute atomic E-state index is 12.4. The summed E-state index contributed by atoms with van der Waals surface area (Å²) in [5.74, 6) is -1.95. The van der Waals surface area contributed by atoms with E-state index in [1.807, 2.05) is 19.1 Å². The molecule has 174 valence electrons. The molecule has 0 radical (unpaired) electrons. The van der Waals surface area contributed by atoms with E-state index in [1.165, 1.54) is 19.4 Å². The number of nitrogens with one attached hydrogen (secondary N) is 2. The van der Waals surface area contributed by atoms with Crippen molar-refractivity contribution in [3.63, 3.8) is 0 Å². The van der Waals surface area contributed by atoms with E-state index in [4.69, 9.17) is 21.1 Å². The van der Waals surface area contributed by atoms with E-state index >= 15 is 0 Å². The molecule has 0 aliphatic heterocycles. The molecule has 8 nitrogen and oxygen atoms in total. The van der Waals surface area contributed by atoms with Gasteiger partial charge in [-0.15, -0.1) is 0 Å². The number of methoxy groups -OCH3 is 1. The van der Waals surface area contributed by atoms with Gasteiger partial charge in [-0.05, 0) is 60.0 Å². The number of carbonyl (C=O) groups is 3. The Bertz CT molecular complexity index is 1230. The largest absolute Gasteiger partial charge is 0.493 e. The van der Waals surface area contributed by atoms with Crippen LogP contribution >= 0.6 is 11.6 Å². The number of halogens is 1. The number of amides is 2. The third kappa shape index (κ3) is 6.43. The predicted octanol–water partition coefficient (Wildman–Crippen LogP) is 4.22. The van der Waals surface area contributed by atoms with Crippen LogP contribution in [0.5, 0.6) is 11.5 Å². The molecule has 0 unspecified atom stereocenters. The first-order valence-corrected chi connectivity index (χ1v) is 10.7. The molecule has 0 spiro atoms. The minimum absolute atomic E-state index is 0.182.